The van der Waals surface area contributed by atoms with Gasteiger partial charge in [0.15, 0.2) is 0 Å². The summed E-state index contributed by atoms with van der Waals surface area (Å²) in [5.74, 6) is -4.41. The Kier molecular flexibility index (Phi) is 8.65. The number of carboxylic acids is 2. The number of rotatable bonds is 12. The lowest BCUT2D eigenvalue weighted by molar-refractivity contribution is -0.148. The third kappa shape index (κ3) is 6.74. The van der Waals surface area contributed by atoms with Crippen molar-refractivity contribution in [3.63, 3.8) is 0 Å². The Morgan fingerprint density at radius 2 is 1.62 bits per heavy atom. The zero-order valence-electron chi connectivity index (χ0n) is 17.2. The second kappa shape index (κ2) is 11.2. The van der Waals surface area contributed by atoms with Gasteiger partial charge in [-0.3, -0.25) is 14.4 Å². The van der Waals surface area contributed by atoms with E-state index in [9.17, 15) is 24.3 Å². The van der Waals surface area contributed by atoms with E-state index in [1.54, 1.807) is 0 Å². The Morgan fingerprint density at radius 1 is 1.00 bits per heavy atom. The zero-order valence-corrected chi connectivity index (χ0v) is 18.0. The van der Waals surface area contributed by atoms with Gasteiger partial charge in [0, 0.05) is 29.8 Å². The number of carboxylic acid groups (broad SMARTS) is 2. The molecule has 0 saturated carbocycles. The molecule has 0 saturated heterocycles. The molecule has 0 aliphatic rings. The molecule has 0 aliphatic heterocycles. The lowest BCUT2D eigenvalue weighted by atomic mass is 9.97. The lowest BCUT2D eigenvalue weighted by Crippen LogP contribution is -2.61. The quantitative estimate of drug-likeness (QED) is 0.208. The van der Waals surface area contributed by atoms with Crippen LogP contribution < -0.4 is 16.4 Å². The highest BCUT2D eigenvalue weighted by molar-refractivity contribution is 7.80. The molecule has 0 heterocycles. The van der Waals surface area contributed by atoms with E-state index < -0.39 is 48.2 Å². The summed E-state index contributed by atoms with van der Waals surface area (Å²) < 4.78 is 0. The Morgan fingerprint density at radius 3 is 2.12 bits per heavy atom. The summed E-state index contributed by atoms with van der Waals surface area (Å²) in [5.41, 5.74) is 4.47. The fraction of sp³-hybridized carbons (Fsp3) is 0.273. The highest BCUT2D eigenvalue weighted by atomic mass is 32.1. The van der Waals surface area contributed by atoms with Crippen molar-refractivity contribution in [2.75, 3.05) is 11.1 Å². The summed E-state index contributed by atoms with van der Waals surface area (Å²) in [7, 11) is 0. The van der Waals surface area contributed by atoms with E-state index in [0.717, 1.165) is 5.56 Å². The van der Waals surface area contributed by atoms with Crippen molar-refractivity contribution in [1.29, 1.82) is 0 Å². The maximum Gasteiger partial charge on any atom is 0.350 e. The van der Waals surface area contributed by atoms with Crippen LogP contribution in [-0.2, 0) is 20.8 Å². The molecule has 1 unspecified atom stereocenters. The number of nitrogens with one attached hydrogen (secondary N) is 2. The first-order chi connectivity index (χ1) is 15.2. The number of thiol groups is 1. The Labute approximate surface area is 190 Å². The number of primary amides is 1. The molecular weight excluding hydrogens is 434 g/mol. The fourth-order valence-corrected chi connectivity index (χ4v) is 3.37. The Bertz CT molecular complexity index is 967. The van der Waals surface area contributed by atoms with Crippen LogP contribution in [0.2, 0.25) is 0 Å². The summed E-state index contributed by atoms with van der Waals surface area (Å²) in [6, 6.07) is 14.8. The van der Waals surface area contributed by atoms with Crippen LogP contribution in [0.5, 0.6) is 0 Å². The van der Waals surface area contributed by atoms with E-state index in [1.165, 1.54) is 24.3 Å². The number of aliphatic carboxylic acids is 2. The molecule has 2 amide bonds. The maximum atomic E-state index is 13.0. The van der Waals surface area contributed by atoms with E-state index in [4.69, 9.17) is 10.8 Å². The van der Waals surface area contributed by atoms with Crippen LogP contribution in [-0.4, -0.2) is 45.4 Å². The van der Waals surface area contributed by atoms with Crippen molar-refractivity contribution in [3.8, 4) is 0 Å². The topological polar surface area (TPSA) is 159 Å². The van der Waals surface area contributed by atoms with Crippen LogP contribution in [0.1, 0.15) is 28.8 Å². The van der Waals surface area contributed by atoms with Crippen molar-refractivity contribution < 1.29 is 29.4 Å². The molecule has 170 valence electrons. The minimum Gasteiger partial charge on any atom is -0.481 e. The number of carbonyl (C=O) groups excluding carboxylic acids is 2. The third-order valence-corrected chi connectivity index (χ3v) is 5.30. The number of benzene rings is 2. The fourth-order valence-electron chi connectivity index (χ4n) is 3.08. The first-order valence-corrected chi connectivity index (χ1v) is 10.4. The first kappa shape index (κ1) is 24.7. The van der Waals surface area contributed by atoms with Gasteiger partial charge in [0.05, 0.1) is 5.92 Å². The highest BCUT2D eigenvalue weighted by Gasteiger charge is 2.41. The molecule has 9 nitrogen and oxygen atoms in total. The molecular formula is C22H25N3O6S. The van der Waals surface area contributed by atoms with Crippen LogP contribution in [0, 0.1) is 5.92 Å². The van der Waals surface area contributed by atoms with Crippen molar-refractivity contribution in [2.45, 2.75) is 24.9 Å². The van der Waals surface area contributed by atoms with Crippen LogP contribution in [0.3, 0.4) is 0 Å². The van der Waals surface area contributed by atoms with E-state index in [0.29, 0.717) is 6.42 Å². The average molecular weight is 460 g/mol. The number of hydrogen-bond acceptors (Lipinski definition) is 6. The number of carbonyl (C=O) groups is 4. The van der Waals surface area contributed by atoms with E-state index >= 15 is 0 Å². The highest BCUT2D eigenvalue weighted by Crippen LogP contribution is 2.22. The molecule has 0 radical (unpaired) electrons. The van der Waals surface area contributed by atoms with E-state index in [-0.39, 0.29) is 17.0 Å². The van der Waals surface area contributed by atoms with E-state index in [1.807, 2.05) is 30.3 Å². The van der Waals surface area contributed by atoms with Gasteiger partial charge < -0.3 is 26.6 Å². The smallest absolute Gasteiger partial charge is 0.350 e. The molecule has 0 aliphatic carbocycles. The molecule has 2 atom stereocenters. The SMILES string of the molecule is NC(=O)c1ccc(N[C@@](CCC(=O)O)(NC(=O)C(CS)Cc2ccccc2)C(=O)O)cc1. The van der Waals surface area contributed by atoms with Gasteiger partial charge in [0.1, 0.15) is 0 Å². The van der Waals surface area contributed by atoms with Crippen molar-refractivity contribution in [3.05, 3.63) is 65.7 Å². The first-order valence-electron chi connectivity index (χ1n) is 9.77. The molecule has 6 N–H and O–H groups in total. The van der Waals surface area contributed by atoms with Gasteiger partial charge >= 0.3 is 11.9 Å². The lowest BCUT2D eigenvalue weighted by Gasteiger charge is -2.33. The zero-order chi connectivity index (χ0) is 23.7. The monoisotopic (exact) mass is 459 g/mol. The average Bonchev–Trinajstić information content (AvgIpc) is 2.76. The third-order valence-electron chi connectivity index (χ3n) is 4.86. The summed E-state index contributed by atoms with van der Waals surface area (Å²) in [6.45, 7) is 0. The van der Waals surface area contributed by atoms with Gasteiger partial charge in [-0.2, -0.15) is 12.6 Å². The second-order valence-corrected chi connectivity index (χ2v) is 7.59. The molecule has 2 aromatic rings. The molecule has 0 fully saturated rings. The summed E-state index contributed by atoms with van der Waals surface area (Å²) in [4.78, 5) is 47.7. The van der Waals surface area contributed by atoms with Crippen LogP contribution in [0.4, 0.5) is 5.69 Å². The molecule has 0 aromatic heterocycles. The molecule has 2 rings (SSSR count). The molecule has 10 heteroatoms. The van der Waals surface area contributed by atoms with Crippen molar-refractivity contribution in [2.24, 2.45) is 11.7 Å². The van der Waals surface area contributed by atoms with Crippen LogP contribution in [0.25, 0.3) is 0 Å². The molecule has 0 spiro atoms. The number of anilines is 1. The maximum absolute atomic E-state index is 13.0. The van der Waals surface area contributed by atoms with Gasteiger partial charge in [-0.25, -0.2) is 4.79 Å². The molecule has 2 aromatic carbocycles. The van der Waals surface area contributed by atoms with Gasteiger partial charge in [0.25, 0.3) is 0 Å². The van der Waals surface area contributed by atoms with Crippen molar-refractivity contribution in [1.82, 2.24) is 5.32 Å². The Balaban J connectivity index is 2.31. The van der Waals surface area contributed by atoms with Crippen molar-refractivity contribution >= 4 is 42.1 Å². The number of amides is 2. The van der Waals surface area contributed by atoms with Crippen LogP contribution >= 0.6 is 12.6 Å². The van der Waals surface area contributed by atoms with E-state index in [2.05, 4.69) is 23.3 Å². The Hall–Kier alpha value is -3.53. The predicted molar refractivity (Wildman–Crippen MR) is 121 cm³/mol. The second-order valence-electron chi connectivity index (χ2n) is 7.23. The minimum absolute atomic E-state index is 0.155. The van der Waals surface area contributed by atoms with Gasteiger partial charge in [-0.05, 0) is 36.2 Å². The van der Waals surface area contributed by atoms with Gasteiger partial charge in [-0.15, -0.1) is 0 Å². The minimum atomic E-state index is -2.10. The summed E-state index contributed by atoms with van der Waals surface area (Å²) in [5, 5.41) is 24.3. The van der Waals surface area contributed by atoms with Gasteiger partial charge in [0.2, 0.25) is 17.5 Å². The molecule has 32 heavy (non-hydrogen) atoms. The summed E-state index contributed by atoms with van der Waals surface area (Å²) >= 11 is 4.23. The van der Waals surface area contributed by atoms with Gasteiger partial charge in [-0.1, -0.05) is 30.3 Å². The normalized spacial score (nSPS) is 13.4. The predicted octanol–water partition coefficient (Wildman–Crippen LogP) is 1.75. The molecule has 0 bridgehead atoms. The van der Waals surface area contributed by atoms with Crippen LogP contribution in [0.15, 0.2) is 54.6 Å². The summed E-state index contributed by atoms with van der Waals surface area (Å²) in [6.07, 6.45) is -0.604. The largest absolute Gasteiger partial charge is 0.481 e. The number of hydrogen-bond donors (Lipinski definition) is 6. The number of nitrogens with two attached hydrogens (primary N) is 1. The standard InChI is InChI=1S/C22H25N3O6S/c23-19(28)15-6-8-17(9-7-15)24-22(21(30)31,11-10-18(26)27)25-20(29)16(13-32)12-14-4-2-1-3-5-14/h1-9,16,24,32H,10-13H2,(H2,23,28)(H,25,29)(H,26,27)(H,30,31)/t16?,22-/m0/s1.